The molecular formula is C29H24N2O2. The number of aromatic hydroxyl groups is 1. The summed E-state index contributed by atoms with van der Waals surface area (Å²) in [6.45, 7) is 0.473. The number of para-hydroxylation sites is 1. The van der Waals surface area contributed by atoms with Gasteiger partial charge in [-0.15, -0.1) is 0 Å². The third-order valence-corrected chi connectivity index (χ3v) is 5.88. The molecule has 4 heteroatoms. The maximum Gasteiger partial charge on any atom is 0.252 e. The number of rotatable bonds is 5. The van der Waals surface area contributed by atoms with E-state index in [0.29, 0.717) is 13.0 Å². The first-order valence-electron chi connectivity index (χ1n) is 11.0. The van der Waals surface area contributed by atoms with Crippen LogP contribution in [-0.4, -0.2) is 22.8 Å². The number of benzodiazepines with no additional fused rings is 1. The van der Waals surface area contributed by atoms with E-state index >= 15 is 0 Å². The summed E-state index contributed by atoms with van der Waals surface area (Å²) in [6.07, 6.45) is 0.453. The van der Waals surface area contributed by atoms with Gasteiger partial charge in [0, 0.05) is 17.5 Å². The first-order valence-corrected chi connectivity index (χ1v) is 11.0. The van der Waals surface area contributed by atoms with Crippen LogP contribution in [0.5, 0.6) is 5.75 Å². The lowest BCUT2D eigenvalue weighted by molar-refractivity contribution is -0.119. The summed E-state index contributed by atoms with van der Waals surface area (Å²) < 4.78 is 0. The van der Waals surface area contributed by atoms with Gasteiger partial charge in [0.1, 0.15) is 11.8 Å². The maximum absolute atomic E-state index is 13.9. The molecule has 1 amide bonds. The molecule has 0 spiro atoms. The number of hydrogen-bond acceptors (Lipinski definition) is 3. The molecule has 1 heterocycles. The van der Waals surface area contributed by atoms with Crippen LogP contribution in [0.25, 0.3) is 0 Å². The monoisotopic (exact) mass is 432 g/mol. The van der Waals surface area contributed by atoms with Crippen molar-refractivity contribution in [1.82, 2.24) is 0 Å². The van der Waals surface area contributed by atoms with Gasteiger partial charge < -0.3 is 10.0 Å². The first-order chi connectivity index (χ1) is 16.2. The largest absolute Gasteiger partial charge is 0.508 e. The minimum atomic E-state index is -0.583. The van der Waals surface area contributed by atoms with Crippen LogP contribution in [0.4, 0.5) is 5.69 Å². The highest BCUT2D eigenvalue weighted by Crippen LogP contribution is 2.31. The highest BCUT2D eigenvalue weighted by molar-refractivity contribution is 6.20. The molecule has 0 aliphatic carbocycles. The zero-order chi connectivity index (χ0) is 22.6. The van der Waals surface area contributed by atoms with Gasteiger partial charge in [0.25, 0.3) is 5.91 Å². The Morgan fingerprint density at radius 3 is 2.09 bits per heavy atom. The minimum Gasteiger partial charge on any atom is -0.508 e. The average Bonchev–Trinajstić information content (AvgIpc) is 2.97. The van der Waals surface area contributed by atoms with E-state index < -0.39 is 6.04 Å². The van der Waals surface area contributed by atoms with Crippen LogP contribution in [0.2, 0.25) is 0 Å². The molecule has 0 fully saturated rings. The molecule has 0 radical (unpaired) electrons. The predicted octanol–water partition coefficient (Wildman–Crippen LogP) is 5.39. The molecule has 5 rings (SSSR count). The third kappa shape index (κ3) is 4.41. The number of hydrogen-bond donors (Lipinski definition) is 1. The molecule has 0 bridgehead atoms. The van der Waals surface area contributed by atoms with Crippen LogP contribution >= 0.6 is 0 Å². The molecule has 162 valence electrons. The smallest absolute Gasteiger partial charge is 0.252 e. The Balaban J connectivity index is 1.63. The molecule has 4 aromatic rings. The molecule has 33 heavy (non-hydrogen) atoms. The number of nitrogens with zero attached hydrogens (tertiary/aromatic N) is 2. The van der Waals surface area contributed by atoms with Gasteiger partial charge in [-0.25, -0.2) is 0 Å². The predicted molar refractivity (Wildman–Crippen MR) is 132 cm³/mol. The normalized spacial score (nSPS) is 15.5. The van der Waals surface area contributed by atoms with Crippen molar-refractivity contribution in [1.29, 1.82) is 0 Å². The van der Waals surface area contributed by atoms with Gasteiger partial charge in [0.15, 0.2) is 0 Å². The van der Waals surface area contributed by atoms with Crippen molar-refractivity contribution in [3.8, 4) is 5.75 Å². The molecule has 1 aliphatic rings. The van der Waals surface area contributed by atoms with E-state index in [0.717, 1.165) is 33.7 Å². The van der Waals surface area contributed by atoms with Crippen LogP contribution in [-0.2, 0) is 17.8 Å². The number of amides is 1. The lowest BCUT2D eigenvalue weighted by atomic mass is 10.00. The van der Waals surface area contributed by atoms with Gasteiger partial charge in [-0.3, -0.25) is 9.79 Å². The van der Waals surface area contributed by atoms with E-state index in [4.69, 9.17) is 4.99 Å². The Kier molecular flexibility index (Phi) is 5.73. The summed E-state index contributed by atoms with van der Waals surface area (Å²) in [5.41, 5.74) is 5.62. The van der Waals surface area contributed by atoms with E-state index in [2.05, 4.69) is 0 Å². The molecule has 4 aromatic carbocycles. The number of anilines is 1. The van der Waals surface area contributed by atoms with Gasteiger partial charge in [-0.2, -0.15) is 0 Å². The SMILES string of the molecule is O=C1[C@@H](Cc2ccc(O)cc2)N=C(c2ccccc2)c2ccccc2N1Cc1ccccc1. The number of carbonyl (C=O) groups excluding carboxylic acids is 1. The number of carbonyl (C=O) groups is 1. The highest BCUT2D eigenvalue weighted by atomic mass is 16.3. The summed E-state index contributed by atoms with van der Waals surface area (Å²) in [4.78, 5) is 20.8. The molecule has 0 saturated heterocycles. The van der Waals surface area contributed by atoms with Crippen LogP contribution in [0.1, 0.15) is 22.3 Å². The lowest BCUT2D eigenvalue weighted by Gasteiger charge is -2.25. The van der Waals surface area contributed by atoms with Gasteiger partial charge in [-0.05, 0) is 29.3 Å². The van der Waals surface area contributed by atoms with Crippen molar-refractivity contribution >= 4 is 17.3 Å². The second kappa shape index (κ2) is 9.13. The zero-order valence-electron chi connectivity index (χ0n) is 18.1. The molecule has 1 aliphatic heterocycles. The highest BCUT2D eigenvalue weighted by Gasteiger charge is 2.32. The lowest BCUT2D eigenvalue weighted by Crippen LogP contribution is -2.38. The number of fused-ring (bicyclic) bond motifs is 1. The van der Waals surface area contributed by atoms with E-state index in [9.17, 15) is 9.90 Å². The van der Waals surface area contributed by atoms with Gasteiger partial charge >= 0.3 is 0 Å². The quantitative estimate of drug-likeness (QED) is 0.460. The second-order valence-corrected chi connectivity index (χ2v) is 8.16. The second-order valence-electron chi connectivity index (χ2n) is 8.16. The Bertz CT molecular complexity index is 1280. The summed E-state index contributed by atoms with van der Waals surface area (Å²) >= 11 is 0. The number of aliphatic imine (C=N–C) groups is 1. The van der Waals surface area contributed by atoms with Crippen LogP contribution in [0.15, 0.2) is 114 Å². The Hall–Kier alpha value is -4.18. The number of phenolic OH excluding ortho intramolecular Hbond substituents is 1. The summed E-state index contributed by atoms with van der Waals surface area (Å²) in [5.74, 6) is 0.169. The topological polar surface area (TPSA) is 52.9 Å². The summed E-state index contributed by atoms with van der Waals surface area (Å²) in [6, 6.07) is 34.4. The Labute approximate surface area is 193 Å². The fourth-order valence-corrected chi connectivity index (χ4v) is 4.23. The molecule has 1 atom stereocenters. The molecule has 0 unspecified atom stereocenters. The summed E-state index contributed by atoms with van der Waals surface area (Å²) in [5, 5.41) is 9.67. The van der Waals surface area contributed by atoms with Crippen molar-refractivity contribution in [2.75, 3.05) is 4.90 Å². The first kappa shape index (κ1) is 20.7. The molecule has 4 nitrogen and oxygen atoms in total. The average molecular weight is 433 g/mol. The van der Waals surface area contributed by atoms with E-state index in [1.54, 1.807) is 12.1 Å². The van der Waals surface area contributed by atoms with E-state index in [1.165, 1.54) is 0 Å². The van der Waals surface area contributed by atoms with Gasteiger partial charge in [0.05, 0.1) is 17.9 Å². The third-order valence-electron chi connectivity index (χ3n) is 5.88. The fourth-order valence-electron chi connectivity index (χ4n) is 4.23. The molecule has 0 aromatic heterocycles. The number of benzene rings is 4. The Morgan fingerprint density at radius 1 is 0.727 bits per heavy atom. The maximum atomic E-state index is 13.9. The number of phenols is 1. The Morgan fingerprint density at radius 2 is 1.36 bits per heavy atom. The van der Waals surface area contributed by atoms with Crippen molar-refractivity contribution in [3.63, 3.8) is 0 Å². The van der Waals surface area contributed by atoms with Crippen molar-refractivity contribution in [2.24, 2.45) is 4.99 Å². The molecule has 1 N–H and O–H groups in total. The van der Waals surface area contributed by atoms with E-state index in [-0.39, 0.29) is 11.7 Å². The standard InChI is InChI=1S/C29H24N2O2/c32-24-17-15-21(16-18-24)19-26-29(33)31(20-22-9-3-1-4-10-22)27-14-8-7-13-25(27)28(30-26)23-11-5-2-6-12-23/h1-18,26,32H,19-20H2/t26-/m1/s1. The van der Waals surface area contributed by atoms with Crippen molar-refractivity contribution < 1.29 is 9.90 Å². The van der Waals surface area contributed by atoms with Crippen LogP contribution < -0.4 is 4.90 Å². The molecule has 0 saturated carbocycles. The van der Waals surface area contributed by atoms with Gasteiger partial charge in [-0.1, -0.05) is 91.0 Å². The van der Waals surface area contributed by atoms with E-state index in [1.807, 2.05) is 102 Å². The molecular weight excluding hydrogens is 408 g/mol. The van der Waals surface area contributed by atoms with Crippen molar-refractivity contribution in [2.45, 2.75) is 19.0 Å². The summed E-state index contributed by atoms with van der Waals surface area (Å²) in [7, 11) is 0. The van der Waals surface area contributed by atoms with Crippen LogP contribution in [0, 0.1) is 0 Å². The zero-order valence-corrected chi connectivity index (χ0v) is 18.1. The minimum absolute atomic E-state index is 0.0368. The van der Waals surface area contributed by atoms with Gasteiger partial charge in [0.2, 0.25) is 0 Å². The van der Waals surface area contributed by atoms with Crippen molar-refractivity contribution in [3.05, 3.63) is 131 Å². The fraction of sp³-hybridized carbons (Fsp3) is 0.103. The van der Waals surface area contributed by atoms with Crippen LogP contribution in [0.3, 0.4) is 0 Å².